The van der Waals surface area contributed by atoms with Crippen molar-refractivity contribution >= 4 is 19.6 Å². The highest BCUT2D eigenvalue weighted by Gasteiger charge is 2.43. The Morgan fingerprint density at radius 3 is 1.90 bits per heavy atom. The van der Waals surface area contributed by atoms with Gasteiger partial charge in [0, 0.05) is 5.56 Å². The molecule has 2 aromatic carbocycles. The van der Waals surface area contributed by atoms with Crippen LogP contribution in [0, 0.1) is 5.41 Å². The smallest absolute Gasteiger partial charge is 0.320 e. The Labute approximate surface area is 187 Å². The Hall–Kier alpha value is -2.56. The average Bonchev–Trinajstić information content (AvgIpc) is 2.77. The van der Waals surface area contributed by atoms with E-state index < -0.39 is 22.6 Å². The minimum atomic E-state index is -1.30. The highest BCUT2D eigenvalue weighted by atomic mass is 16.6. The van der Waals surface area contributed by atoms with Crippen LogP contribution in [0.1, 0.15) is 70.3 Å². The molecule has 0 aliphatic carbocycles. The molecular weight excluding hydrogens is 387 g/mol. The van der Waals surface area contributed by atoms with Gasteiger partial charge in [0.1, 0.15) is 16.8 Å². The highest BCUT2D eigenvalue weighted by Crippen LogP contribution is 2.37. The first-order valence-electron chi connectivity index (χ1n) is 10.8. The van der Waals surface area contributed by atoms with E-state index >= 15 is 0 Å². The molecule has 0 atom stereocenters. The number of carbonyl (C=O) groups is 2. The SMILES string of the molecule is [B]CC(C)(C)Oc1ccc(C(CC)(CC)OC(=O)C(C)(C)C(=O)c2ccccc2)cc1. The monoisotopic (exact) mass is 420 g/mol. The quantitative estimate of drug-likeness (QED) is 0.208. The van der Waals surface area contributed by atoms with Crippen LogP contribution in [-0.4, -0.2) is 25.2 Å². The lowest BCUT2D eigenvalue weighted by Crippen LogP contribution is -2.41. The third-order valence-electron chi connectivity index (χ3n) is 5.81. The van der Waals surface area contributed by atoms with Crippen molar-refractivity contribution in [3.8, 4) is 5.75 Å². The molecule has 2 rings (SSSR count). The predicted octanol–water partition coefficient (Wildman–Crippen LogP) is 5.90. The van der Waals surface area contributed by atoms with Gasteiger partial charge >= 0.3 is 5.97 Å². The summed E-state index contributed by atoms with van der Waals surface area (Å²) in [4.78, 5) is 26.2. The minimum absolute atomic E-state index is 0.257. The maximum Gasteiger partial charge on any atom is 0.320 e. The van der Waals surface area contributed by atoms with Crippen molar-refractivity contribution in [3.63, 3.8) is 0 Å². The Kier molecular flexibility index (Phi) is 7.75. The molecule has 0 amide bonds. The van der Waals surface area contributed by atoms with E-state index in [0.29, 0.717) is 30.5 Å². The molecule has 0 heterocycles. The summed E-state index contributed by atoms with van der Waals surface area (Å²) >= 11 is 0. The van der Waals surface area contributed by atoms with Crippen LogP contribution in [0.2, 0.25) is 6.32 Å². The van der Waals surface area contributed by atoms with E-state index in [2.05, 4.69) is 0 Å². The highest BCUT2D eigenvalue weighted by molar-refractivity contribution is 6.11. The van der Waals surface area contributed by atoms with Gasteiger partial charge in [0.15, 0.2) is 5.78 Å². The van der Waals surface area contributed by atoms with Gasteiger partial charge in [-0.1, -0.05) is 56.3 Å². The van der Waals surface area contributed by atoms with Gasteiger partial charge < -0.3 is 9.47 Å². The van der Waals surface area contributed by atoms with E-state index in [1.165, 1.54) is 0 Å². The molecule has 2 radical (unpaired) electrons. The number of carbonyl (C=O) groups excluding carboxylic acids is 2. The van der Waals surface area contributed by atoms with E-state index in [4.69, 9.17) is 17.3 Å². The van der Waals surface area contributed by atoms with Crippen molar-refractivity contribution in [2.75, 3.05) is 0 Å². The molecule has 0 bridgehead atoms. The maximum absolute atomic E-state index is 13.2. The zero-order chi connectivity index (χ0) is 23.3. The van der Waals surface area contributed by atoms with E-state index in [-0.39, 0.29) is 5.78 Å². The molecule has 5 heteroatoms. The first-order chi connectivity index (χ1) is 14.5. The van der Waals surface area contributed by atoms with E-state index in [0.717, 1.165) is 5.56 Å². The van der Waals surface area contributed by atoms with E-state index in [1.54, 1.807) is 38.1 Å². The molecule has 0 N–H and O–H groups in total. The molecule has 31 heavy (non-hydrogen) atoms. The fourth-order valence-corrected chi connectivity index (χ4v) is 3.40. The predicted molar refractivity (Wildman–Crippen MR) is 125 cm³/mol. The summed E-state index contributed by atoms with van der Waals surface area (Å²) in [6.07, 6.45) is 1.56. The van der Waals surface area contributed by atoms with Gasteiger partial charge in [-0.15, -0.1) is 0 Å². The molecular formula is C26H33BO4. The number of rotatable bonds is 10. The molecule has 4 nitrogen and oxygen atoms in total. The number of hydrogen-bond donors (Lipinski definition) is 0. The molecule has 0 saturated heterocycles. The number of Topliss-reactive ketones (excluding diaryl/α,β-unsaturated/α-hetero) is 1. The second kappa shape index (κ2) is 9.72. The number of esters is 1. The minimum Gasteiger partial charge on any atom is -0.489 e. The number of ether oxygens (including phenoxy) is 2. The second-order valence-electron chi connectivity index (χ2n) is 9.00. The first kappa shape index (κ1) is 24.7. The Morgan fingerprint density at radius 1 is 0.871 bits per heavy atom. The van der Waals surface area contributed by atoms with Crippen LogP contribution >= 0.6 is 0 Å². The second-order valence-corrected chi connectivity index (χ2v) is 9.00. The van der Waals surface area contributed by atoms with Crippen molar-refractivity contribution in [2.24, 2.45) is 5.41 Å². The van der Waals surface area contributed by atoms with Gasteiger partial charge in [0.25, 0.3) is 0 Å². The van der Waals surface area contributed by atoms with Crippen molar-refractivity contribution in [1.29, 1.82) is 0 Å². The lowest BCUT2D eigenvalue weighted by Gasteiger charge is -2.35. The lowest BCUT2D eigenvalue weighted by molar-refractivity contribution is -0.170. The third-order valence-corrected chi connectivity index (χ3v) is 5.81. The van der Waals surface area contributed by atoms with Crippen molar-refractivity contribution < 1.29 is 19.1 Å². The fourth-order valence-electron chi connectivity index (χ4n) is 3.40. The van der Waals surface area contributed by atoms with Crippen LogP contribution in [0.25, 0.3) is 0 Å². The third kappa shape index (κ3) is 5.58. The van der Waals surface area contributed by atoms with Gasteiger partial charge in [-0.3, -0.25) is 9.59 Å². The van der Waals surface area contributed by atoms with Crippen LogP contribution in [0.3, 0.4) is 0 Å². The van der Waals surface area contributed by atoms with E-state index in [1.807, 2.05) is 58.0 Å². The Bertz CT molecular complexity index is 881. The van der Waals surface area contributed by atoms with Crippen molar-refractivity contribution in [3.05, 3.63) is 65.7 Å². The Morgan fingerprint density at radius 2 is 1.42 bits per heavy atom. The molecule has 0 unspecified atom stereocenters. The van der Waals surface area contributed by atoms with Gasteiger partial charge in [0.2, 0.25) is 0 Å². The number of hydrogen-bond acceptors (Lipinski definition) is 4. The van der Waals surface area contributed by atoms with Crippen LogP contribution in [0.5, 0.6) is 5.75 Å². The normalized spacial score (nSPS) is 12.3. The Balaban J connectivity index is 2.28. The van der Waals surface area contributed by atoms with Crippen molar-refractivity contribution in [2.45, 2.75) is 71.9 Å². The van der Waals surface area contributed by atoms with Crippen LogP contribution in [-0.2, 0) is 15.1 Å². The number of ketones is 1. The van der Waals surface area contributed by atoms with Gasteiger partial charge in [0.05, 0.1) is 13.4 Å². The summed E-state index contributed by atoms with van der Waals surface area (Å²) in [5, 5.41) is 0. The zero-order valence-electron chi connectivity index (χ0n) is 19.5. The van der Waals surface area contributed by atoms with Crippen LogP contribution in [0.4, 0.5) is 0 Å². The van der Waals surface area contributed by atoms with Crippen LogP contribution < -0.4 is 4.74 Å². The summed E-state index contributed by atoms with van der Waals surface area (Å²) in [6, 6.07) is 16.4. The summed E-state index contributed by atoms with van der Waals surface area (Å²) < 4.78 is 12.0. The van der Waals surface area contributed by atoms with E-state index in [9.17, 15) is 9.59 Å². The number of benzene rings is 2. The molecule has 0 saturated carbocycles. The average molecular weight is 420 g/mol. The largest absolute Gasteiger partial charge is 0.489 e. The van der Waals surface area contributed by atoms with Gasteiger partial charge in [-0.2, -0.15) is 0 Å². The van der Waals surface area contributed by atoms with Crippen LogP contribution in [0.15, 0.2) is 54.6 Å². The molecule has 2 aromatic rings. The topological polar surface area (TPSA) is 52.6 Å². The first-order valence-corrected chi connectivity index (χ1v) is 10.8. The molecule has 0 spiro atoms. The molecule has 164 valence electrons. The zero-order valence-corrected chi connectivity index (χ0v) is 19.5. The molecule has 0 fully saturated rings. The van der Waals surface area contributed by atoms with Gasteiger partial charge in [-0.25, -0.2) is 0 Å². The molecule has 0 aliphatic rings. The maximum atomic E-state index is 13.2. The standard InChI is InChI=1S/C26H33BO4/c1-7-26(8-2,20-14-16-21(17-15-20)30-24(3,4)18-27)31-23(29)25(5,6)22(28)19-12-10-9-11-13-19/h9-17H,7-8,18H2,1-6H3. The molecule has 0 aliphatic heterocycles. The lowest BCUT2D eigenvalue weighted by atomic mass is 9.83. The summed E-state index contributed by atoms with van der Waals surface area (Å²) in [6.45, 7) is 11.0. The van der Waals surface area contributed by atoms with Crippen molar-refractivity contribution in [1.82, 2.24) is 0 Å². The molecule has 0 aromatic heterocycles. The van der Waals surface area contributed by atoms with Gasteiger partial charge in [-0.05, 0) is 64.6 Å². The summed E-state index contributed by atoms with van der Waals surface area (Å²) in [5.74, 6) is -0.0900. The summed E-state index contributed by atoms with van der Waals surface area (Å²) in [5.41, 5.74) is -1.24. The fraction of sp³-hybridized carbons (Fsp3) is 0.462. The summed E-state index contributed by atoms with van der Waals surface area (Å²) in [7, 11) is 5.75.